The fourth-order valence-electron chi connectivity index (χ4n) is 1.52. The van der Waals surface area contributed by atoms with Gasteiger partial charge in [0.15, 0.2) is 14.9 Å². The number of aryl methyl sites for hydroxylation is 1. The lowest BCUT2D eigenvalue weighted by atomic mass is 10.2. The van der Waals surface area contributed by atoms with E-state index in [4.69, 9.17) is 5.11 Å². The first kappa shape index (κ1) is 16.4. The fraction of sp³-hybridized carbons (Fsp3) is 0.364. The number of nitrogens with zero attached hydrogens (tertiary/aromatic N) is 1. The predicted octanol–water partition coefficient (Wildman–Crippen LogP) is 0.218. The third-order valence-electron chi connectivity index (χ3n) is 2.30. The highest BCUT2D eigenvalue weighted by Crippen LogP contribution is 2.19. The van der Waals surface area contributed by atoms with Crippen LogP contribution in [0.2, 0.25) is 0 Å². The van der Waals surface area contributed by atoms with E-state index < -0.39 is 37.5 Å². The van der Waals surface area contributed by atoms with Crippen LogP contribution in [0, 0.1) is 6.92 Å². The van der Waals surface area contributed by atoms with Crippen molar-refractivity contribution in [3.8, 4) is 0 Å². The van der Waals surface area contributed by atoms with Gasteiger partial charge in [-0.15, -0.1) is 0 Å². The number of carbonyl (C=O) groups is 1. The molecule has 1 rings (SSSR count). The Bertz CT molecular complexity index is 691. The molecule has 0 aromatic heterocycles. The number of anilines is 1. The SMILES string of the molecule is Cc1ccc(N(CC(=O)O)S(=O)(=O)CS(C)(=O)=O)cc1. The molecule has 0 aliphatic carbocycles. The van der Waals surface area contributed by atoms with Gasteiger partial charge in [-0.05, 0) is 19.1 Å². The third-order valence-corrected chi connectivity index (χ3v) is 6.22. The minimum atomic E-state index is -4.28. The van der Waals surface area contributed by atoms with Crippen molar-refractivity contribution in [2.24, 2.45) is 0 Å². The molecule has 0 radical (unpaired) electrons. The zero-order valence-electron chi connectivity index (χ0n) is 11.0. The maximum Gasteiger partial charge on any atom is 0.324 e. The molecule has 0 saturated heterocycles. The van der Waals surface area contributed by atoms with Gasteiger partial charge >= 0.3 is 5.97 Å². The summed E-state index contributed by atoms with van der Waals surface area (Å²) >= 11 is 0. The lowest BCUT2D eigenvalue weighted by Gasteiger charge is -2.22. The second kappa shape index (κ2) is 5.80. The van der Waals surface area contributed by atoms with Gasteiger partial charge in [0.05, 0.1) is 5.69 Å². The van der Waals surface area contributed by atoms with Crippen LogP contribution >= 0.6 is 0 Å². The summed E-state index contributed by atoms with van der Waals surface area (Å²) in [7, 11) is -8.08. The molecule has 7 nitrogen and oxygen atoms in total. The lowest BCUT2D eigenvalue weighted by Crippen LogP contribution is -2.39. The normalized spacial score (nSPS) is 12.1. The number of carboxylic acid groups (broad SMARTS) is 1. The number of aliphatic carboxylic acids is 1. The maximum atomic E-state index is 12.1. The molecule has 0 saturated carbocycles. The minimum absolute atomic E-state index is 0.113. The minimum Gasteiger partial charge on any atom is -0.480 e. The van der Waals surface area contributed by atoms with E-state index in [1.54, 1.807) is 19.1 Å². The van der Waals surface area contributed by atoms with E-state index >= 15 is 0 Å². The summed E-state index contributed by atoms with van der Waals surface area (Å²) in [5.74, 6) is -1.37. The second-order valence-electron chi connectivity index (χ2n) is 4.39. The molecule has 1 N–H and O–H groups in total. The summed E-state index contributed by atoms with van der Waals surface area (Å²) in [6, 6.07) is 6.08. The molecule has 0 heterocycles. The van der Waals surface area contributed by atoms with Crippen molar-refractivity contribution in [3.05, 3.63) is 29.8 Å². The van der Waals surface area contributed by atoms with Crippen LogP contribution in [0.25, 0.3) is 0 Å². The first-order valence-electron chi connectivity index (χ1n) is 5.48. The number of hydrogen-bond donors (Lipinski definition) is 1. The van der Waals surface area contributed by atoms with E-state index in [-0.39, 0.29) is 5.69 Å². The molecule has 20 heavy (non-hydrogen) atoms. The number of benzene rings is 1. The van der Waals surface area contributed by atoms with Crippen molar-refractivity contribution in [2.45, 2.75) is 6.92 Å². The Balaban J connectivity index is 3.25. The summed E-state index contributed by atoms with van der Waals surface area (Å²) in [6.07, 6.45) is 0.776. The average Bonchev–Trinajstić information content (AvgIpc) is 2.23. The summed E-state index contributed by atoms with van der Waals surface area (Å²) in [5, 5.41) is 7.67. The van der Waals surface area contributed by atoms with E-state index in [0.29, 0.717) is 4.31 Å². The van der Waals surface area contributed by atoms with Gasteiger partial charge in [0.2, 0.25) is 10.0 Å². The Hall–Kier alpha value is -1.61. The first-order chi connectivity index (χ1) is 9.01. The van der Waals surface area contributed by atoms with Gasteiger partial charge in [0.1, 0.15) is 6.54 Å². The molecular weight excluding hydrogens is 306 g/mol. The number of carboxylic acids is 1. The Kier molecular flexibility index (Phi) is 4.77. The van der Waals surface area contributed by atoms with Crippen LogP contribution in [-0.2, 0) is 24.7 Å². The molecule has 0 atom stereocenters. The highest BCUT2D eigenvalue weighted by molar-refractivity contribution is 8.08. The van der Waals surface area contributed by atoms with Crippen LogP contribution in [0.1, 0.15) is 5.56 Å². The Morgan fingerprint density at radius 1 is 1.15 bits per heavy atom. The van der Waals surface area contributed by atoms with Crippen molar-refractivity contribution in [2.75, 3.05) is 22.2 Å². The smallest absolute Gasteiger partial charge is 0.324 e. The molecule has 0 bridgehead atoms. The summed E-state index contributed by atoms with van der Waals surface area (Å²) < 4.78 is 47.0. The van der Waals surface area contributed by atoms with Gasteiger partial charge < -0.3 is 5.11 Å². The number of rotatable bonds is 6. The molecule has 1 aromatic carbocycles. The molecule has 1 aromatic rings. The number of sulfonamides is 1. The molecule has 0 aliphatic heterocycles. The van der Waals surface area contributed by atoms with Gasteiger partial charge in [-0.2, -0.15) is 0 Å². The lowest BCUT2D eigenvalue weighted by molar-refractivity contribution is -0.135. The topological polar surface area (TPSA) is 109 Å². The standard InChI is InChI=1S/C11H15NO6S2/c1-9-3-5-10(6-4-9)12(7-11(13)14)20(17,18)8-19(2,15)16/h3-6H,7-8H2,1-2H3,(H,13,14). The molecule has 0 spiro atoms. The van der Waals surface area contributed by atoms with Crippen LogP contribution in [0.15, 0.2) is 24.3 Å². The van der Waals surface area contributed by atoms with E-state index in [2.05, 4.69) is 0 Å². The van der Waals surface area contributed by atoms with Crippen molar-refractivity contribution in [3.63, 3.8) is 0 Å². The van der Waals surface area contributed by atoms with Crippen LogP contribution in [0.4, 0.5) is 5.69 Å². The molecule has 112 valence electrons. The second-order valence-corrected chi connectivity index (χ2v) is 8.79. The van der Waals surface area contributed by atoms with Crippen LogP contribution in [-0.4, -0.2) is 45.8 Å². The van der Waals surface area contributed by atoms with Crippen LogP contribution < -0.4 is 4.31 Å². The molecule has 0 fully saturated rings. The van der Waals surface area contributed by atoms with Gasteiger partial charge in [-0.1, -0.05) is 17.7 Å². The van der Waals surface area contributed by atoms with E-state index in [1.165, 1.54) is 12.1 Å². The Morgan fingerprint density at radius 2 is 1.65 bits per heavy atom. The van der Waals surface area contributed by atoms with Crippen molar-refractivity contribution in [1.82, 2.24) is 0 Å². The molecule has 0 amide bonds. The average molecular weight is 321 g/mol. The van der Waals surface area contributed by atoms with Crippen LogP contribution in [0.3, 0.4) is 0 Å². The van der Waals surface area contributed by atoms with E-state index in [9.17, 15) is 21.6 Å². The number of sulfone groups is 1. The highest BCUT2D eigenvalue weighted by Gasteiger charge is 2.28. The van der Waals surface area contributed by atoms with Gasteiger partial charge in [0, 0.05) is 6.26 Å². The Labute approximate surface area is 117 Å². The molecule has 9 heteroatoms. The van der Waals surface area contributed by atoms with Gasteiger partial charge in [0.25, 0.3) is 0 Å². The Morgan fingerprint density at radius 3 is 2.05 bits per heavy atom. The van der Waals surface area contributed by atoms with Crippen molar-refractivity contribution >= 4 is 31.5 Å². The third kappa shape index (κ3) is 4.82. The van der Waals surface area contributed by atoms with Crippen LogP contribution in [0.5, 0.6) is 0 Å². The first-order valence-corrected chi connectivity index (χ1v) is 9.15. The van der Waals surface area contributed by atoms with Gasteiger partial charge in [-0.3, -0.25) is 9.10 Å². The zero-order chi connectivity index (χ0) is 15.6. The zero-order valence-corrected chi connectivity index (χ0v) is 12.6. The quantitative estimate of drug-likeness (QED) is 0.802. The summed E-state index contributed by atoms with van der Waals surface area (Å²) in [4.78, 5) is 10.8. The summed E-state index contributed by atoms with van der Waals surface area (Å²) in [5.41, 5.74) is 0.978. The predicted molar refractivity (Wildman–Crippen MR) is 74.8 cm³/mol. The van der Waals surface area contributed by atoms with E-state index in [0.717, 1.165) is 11.8 Å². The fourth-order valence-corrected chi connectivity index (χ4v) is 4.94. The monoisotopic (exact) mass is 321 g/mol. The largest absolute Gasteiger partial charge is 0.480 e. The highest BCUT2D eigenvalue weighted by atomic mass is 32.3. The van der Waals surface area contributed by atoms with Gasteiger partial charge in [-0.25, -0.2) is 16.8 Å². The molecule has 0 unspecified atom stereocenters. The number of hydrogen-bond acceptors (Lipinski definition) is 5. The molecule has 0 aliphatic rings. The molecular formula is C11H15NO6S2. The summed E-state index contributed by atoms with van der Waals surface area (Å²) in [6.45, 7) is 0.956. The maximum absolute atomic E-state index is 12.1. The van der Waals surface area contributed by atoms with Crippen molar-refractivity contribution < 1.29 is 26.7 Å². The van der Waals surface area contributed by atoms with E-state index in [1.807, 2.05) is 0 Å². The van der Waals surface area contributed by atoms with Crippen molar-refractivity contribution in [1.29, 1.82) is 0 Å².